The molecule has 1 amide bonds. The Balaban J connectivity index is 3.01. The first kappa shape index (κ1) is 14.6. The summed E-state index contributed by atoms with van der Waals surface area (Å²) >= 11 is 4.88. The van der Waals surface area contributed by atoms with Gasteiger partial charge in [-0.05, 0) is 26.3 Å². The number of rotatable bonds is 5. The maximum absolute atomic E-state index is 12.4. The van der Waals surface area contributed by atoms with Crippen LogP contribution in [0.15, 0.2) is 6.07 Å². The second-order valence-corrected chi connectivity index (χ2v) is 5.02. The first-order valence-corrected chi connectivity index (χ1v) is 6.39. The summed E-state index contributed by atoms with van der Waals surface area (Å²) in [4.78, 5) is 14.4. The zero-order valence-electron chi connectivity index (χ0n) is 11.3. The average molecular weight is 268 g/mol. The molecular weight excluding hydrogens is 248 g/mol. The van der Waals surface area contributed by atoms with Gasteiger partial charge in [0.2, 0.25) is 0 Å². The monoisotopic (exact) mass is 268 g/mol. The number of hydrogen-bond donors (Lipinski definition) is 1. The van der Waals surface area contributed by atoms with Crippen LogP contribution in [-0.2, 0) is 13.5 Å². The van der Waals surface area contributed by atoms with Gasteiger partial charge in [0.1, 0.15) is 5.69 Å². The molecule has 1 aromatic rings. The molecule has 0 unspecified atom stereocenters. The molecule has 0 aromatic carbocycles. The Morgan fingerprint density at radius 3 is 2.61 bits per heavy atom. The second-order valence-electron chi connectivity index (χ2n) is 4.49. The quantitative estimate of drug-likeness (QED) is 0.813. The zero-order valence-corrected chi connectivity index (χ0v) is 12.1. The molecule has 100 valence electrons. The lowest BCUT2D eigenvalue weighted by Gasteiger charge is -2.26. The molecule has 1 heterocycles. The van der Waals surface area contributed by atoms with Crippen LogP contribution < -0.4 is 5.73 Å². The standard InChI is InChI=1S/C12H20N4OS/c1-5-9-6-10(15(4)14-9)12(17)16(8(2)3)7-11(13)18/h6,8H,5,7H2,1-4H3,(H2,13,18). The Labute approximate surface area is 113 Å². The molecule has 0 saturated heterocycles. The molecule has 18 heavy (non-hydrogen) atoms. The number of aromatic nitrogens is 2. The van der Waals surface area contributed by atoms with Crippen molar-refractivity contribution in [2.75, 3.05) is 6.54 Å². The summed E-state index contributed by atoms with van der Waals surface area (Å²) in [6.07, 6.45) is 0.804. The Morgan fingerprint density at radius 2 is 2.22 bits per heavy atom. The predicted molar refractivity (Wildman–Crippen MR) is 75.5 cm³/mol. The molecule has 0 radical (unpaired) electrons. The van der Waals surface area contributed by atoms with E-state index in [0.29, 0.717) is 17.2 Å². The largest absolute Gasteiger partial charge is 0.392 e. The molecule has 1 aromatic heterocycles. The van der Waals surface area contributed by atoms with Crippen LogP contribution in [0.2, 0.25) is 0 Å². The number of thiocarbonyl (C=S) groups is 1. The molecular formula is C12H20N4OS. The minimum atomic E-state index is -0.0903. The van der Waals surface area contributed by atoms with E-state index in [1.54, 1.807) is 16.6 Å². The van der Waals surface area contributed by atoms with Gasteiger partial charge < -0.3 is 10.6 Å². The molecule has 6 heteroatoms. The van der Waals surface area contributed by atoms with Crippen molar-refractivity contribution in [2.24, 2.45) is 12.8 Å². The van der Waals surface area contributed by atoms with Gasteiger partial charge in [-0.3, -0.25) is 9.48 Å². The number of hydrogen-bond acceptors (Lipinski definition) is 3. The van der Waals surface area contributed by atoms with E-state index in [-0.39, 0.29) is 11.9 Å². The van der Waals surface area contributed by atoms with E-state index in [2.05, 4.69) is 5.10 Å². The van der Waals surface area contributed by atoms with Crippen LogP contribution in [-0.4, -0.2) is 38.2 Å². The first-order chi connectivity index (χ1) is 8.36. The number of nitrogens with two attached hydrogens (primary N) is 1. The summed E-state index contributed by atoms with van der Waals surface area (Å²) in [6.45, 7) is 6.17. The first-order valence-electron chi connectivity index (χ1n) is 5.99. The fraction of sp³-hybridized carbons (Fsp3) is 0.583. The third-order valence-electron chi connectivity index (χ3n) is 2.72. The molecule has 0 fully saturated rings. The van der Waals surface area contributed by atoms with Crippen LogP contribution in [0.3, 0.4) is 0 Å². The summed E-state index contributed by atoms with van der Waals surface area (Å²) in [5.74, 6) is -0.0903. The van der Waals surface area contributed by atoms with Gasteiger partial charge in [-0.15, -0.1) is 0 Å². The topological polar surface area (TPSA) is 64.2 Å². The molecule has 0 bridgehead atoms. The fourth-order valence-electron chi connectivity index (χ4n) is 1.70. The van der Waals surface area contributed by atoms with Crippen LogP contribution in [0.1, 0.15) is 37.0 Å². The SMILES string of the molecule is CCc1cc(C(=O)N(CC(N)=S)C(C)C)n(C)n1. The molecule has 0 saturated carbocycles. The van der Waals surface area contributed by atoms with Crippen LogP contribution in [0.5, 0.6) is 0 Å². The van der Waals surface area contributed by atoms with Crippen molar-refractivity contribution in [2.45, 2.75) is 33.2 Å². The van der Waals surface area contributed by atoms with Crippen molar-refractivity contribution in [3.63, 3.8) is 0 Å². The highest BCUT2D eigenvalue weighted by molar-refractivity contribution is 7.80. The number of carbonyl (C=O) groups excluding carboxylic acids is 1. The van der Waals surface area contributed by atoms with Crippen molar-refractivity contribution in [1.29, 1.82) is 0 Å². The molecule has 2 N–H and O–H groups in total. The Bertz CT molecular complexity index is 453. The maximum Gasteiger partial charge on any atom is 0.272 e. The van der Waals surface area contributed by atoms with Gasteiger partial charge in [0, 0.05) is 13.1 Å². The van der Waals surface area contributed by atoms with Crippen molar-refractivity contribution in [1.82, 2.24) is 14.7 Å². The molecule has 0 aliphatic rings. The van der Waals surface area contributed by atoms with E-state index < -0.39 is 0 Å². The Morgan fingerprint density at radius 1 is 1.61 bits per heavy atom. The number of carbonyl (C=O) groups is 1. The van der Waals surface area contributed by atoms with Gasteiger partial charge >= 0.3 is 0 Å². The lowest BCUT2D eigenvalue weighted by atomic mass is 10.2. The van der Waals surface area contributed by atoms with E-state index in [1.807, 2.05) is 26.8 Å². The minimum Gasteiger partial charge on any atom is -0.392 e. The molecule has 0 atom stereocenters. The van der Waals surface area contributed by atoms with E-state index in [1.165, 1.54) is 0 Å². The third kappa shape index (κ3) is 3.29. The molecule has 5 nitrogen and oxygen atoms in total. The van der Waals surface area contributed by atoms with Crippen molar-refractivity contribution >= 4 is 23.1 Å². The van der Waals surface area contributed by atoms with Gasteiger partial charge in [-0.2, -0.15) is 5.10 Å². The molecule has 1 rings (SSSR count). The van der Waals surface area contributed by atoms with Crippen LogP contribution in [0.4, 0.5) is 0 Å². The summed E-state index contributed by atoms with van der Waals surface area (Å²) in [6, 6.07) is 1.86. The molecule has 0 aliphatic heterocycles. The van der Waals surface area contributed by atoms with Crippen LogP contribution >= 0.6 is 12.2 Å². The number of nitrogens with zero attached hydrogens (tertiary/aromatic N) is 3. The van der Waals surface area contributed by atoms with Gasteiger partial charge in [-0.1, -0.05) is 19.1 Å². The normalized spacial score (nSPS) is 10.7. The van der Waals surface area contributed by atoms with Crippen molar-refractivity contribution in [3.8, 4) is 0 Å². The van der Waals surface area contributed by atoms with Gasteiger partial charge in [0.15, 0.2) is 0 Å². The second kappa shape index (κ2) is 5.95. The van der Waals surface area contributed by atoms with E-state index in [4.69, 9.17) is 18.0 Å². The highest BCUT2D eigenvalue weighted by Crippen LogP contribution is 2.10. The van der Waals surface area contributed by atoms with E-state index >= 15 is 0 Å². The van der Waals surface area contributed by atoms with Crippen molar-refractivity contribution < 1.29 is 4.79 Å². The number of amides is 1. The highest BCUT2D eigenvalue weighted by Gasteiger charge is 2.22. The van der Waals surface area contributed by atoms with Gasteiger partial charge in [0.25, 0.3) is 5.91 Å². The number of aryl methyl sites for hydroxylation is 2. The van der Waals surface area contributed by atoms with Gasteiger partial charge in [-0.25, -0.2) is 0 Å². The Hall–Kier alpha value is -1.43. The minimum absolute atomic E-state index is 0.0407. The summed E-state index contributed by atoms with van der Waals surface area (Å²) < 4.78 is 1.61. The summed E-state index contributed by atoms with van der Waals surface area (Å²) in [5, 5.41) is 4.28. The molecule has 0 spiro atoms. The van der Waals surface area contributed by atoms with Crippen molar-refractivity contribution in [3.05, 3.63) is 17.5 Å². The lowest BCUT2D eigenvalue weighted by molar-refractivity contribution is 0.0725. The van der Waals surface area contributed by atoms with E-state index in [9.17, 15) is 4.79 Å². The maximum atomic E-state index is 12.4. The highest BCUT2D eigenvalue weighted by atomic mass is 32.1. The zero-order chi connectivity index (χ0) is 13.9. The fourth-order valence-corrected chi connectivity index (χ4v) is 1.84. The van der Waals surface area contributed by atoms with Crippen LogP contribution in [0.25, 0.3) is 0 Å². The van der Waals surface area contributed by atoms with E-state index in [0.717, 1.165) is 12.1 Å². The summed E-state index contributed by atoms with van der Waals surface area (Å²) in [7, 11) is 1.77. The Kier molecular flexibility index (Phi) is 4.84. The van der Waals surface area contributed by atoms with Gasteiger partial charge in [0.05, 0.1) is 17.2 Å². The predicted octanol–water partition coefficient (Wildman–Crippen LogP) is 1.12. The van der Waals surface area contributed by atoms with Crippen LogP contribution in [0, 0.1) is 0 Å². The summed E-state index contributed by atoms with van der Waals surface area (Å²) in [5.41, 5.74) is 7.00. The lowest BCUT2D eigenvalue weighted by Crippen LogP contribution is -2.42. The molecule has 0 aliphatic carbocycles. The smallest absolute Gasteiger partial charge is 0.272 e. The average Bonchev–Trinajstić information content (AvgIpc) is 2.66. The third-order valence-corrected chi connectivity index (χ3v) is 2.85.